The second kappa shape index (κ2) is 7.82. The Labute approximate surface area is 182 Å². The van der Waals surface area contributed by atoms with Crippen molar-refractivity contribution in [2.24, 2.45) is 5.73 Å². The van der Waals surface area contributed by atoms with Gasteiger partial charge in [-0.05, 0) is 35.9 Å². The first-order valence-corrected chi connectivity index (χ1v) is 9.57. The van der Waals surface area contributed by atoms with Gasteiger partial charge in [0.1, 0.15) is 23.1 Å². The Bertz CT molecular complexity index is 1210. The molecule has 0 fully saturated rings. The number of nitrogens with zero attached hydrogens (tertiary/aromatic N) is 2. The van der Waals surface area contributed by atoms with Crippen LogP contribution in [-0.2, 0) is 0 Å². The zero-order valence-electron chi connectivity index (χ0n) is 16.0. The summed E-state index contributed by atoms with van der Waals surface area (Å²) in [5, 5.41) is 17.9. The zero-order valence-corrected chi connectivity index (χ0v) is 17.5. The number of hydrogen-bond donors (Lipinski definition) is 2. The van der Waals surface area contributed by atoms with Gasteiger partial charge in [-0.15, -0.1) is 5.10 Å². The van der Waals surface area contributed by atoms with Gasteiger partial charge < -0.3 is 19.9 Å². The van der Waals surface area contributed by atoms with Crippen LogP contribution < -0.4 is 19.9 Å². The van der Waals surface area contributed by atoms with Gasteiger partial charge in [-0.1, -0.05) is 29.3 Å². The first kappa shape index (κ1) is 20.0. The van der Waals surface area contributed by atoms with Crippen LogP contribution in [-0.4, -0.2) is 24.4 Å². The van der Waals surface area contributed by atoms with E-state index in [9.17, 15) is 5.26 Å². The zero-order chi connectivity index (χ0) is 21.4. The van der Waals surface area contributed by atoms with Gasteiger partial charge in [0, 0.05) is 5.56 Å². The molecule has 4 rings (SSSR count). The monoisotopic (exact) mass is 442 g/mol. The minimum Gasteiger partial charge on any atom is -0.497 e. The van der Waals surface area contributed by atoms with E-state index in [-0.39, 0.29) is 17.3 Å². The van der Waals surface area contributed by atoms with E-state index in [0.717, 1.165) is 5.56 Å². The SMILES string of the molecule is COc1ccc(OC)c(-c2[nH]nc3c2[C@H](c2ccc(Cl)c(Cl)c2)C(C#N)=C(N)O3)c1. The maximum Gasteiger partial charge on any atom is 0.244 e. The fourth-order valence-corrected chi connectivity index (χ4v) is 3.79. The average molecular weight is 443 g/mol. The predicted molar refractivity (Wildman–Crippen MR) is 113 cm³/mol. The van der Waals surface area contributed by atoms with E-state index in [1.54, 1.807) is 44.6 Å². The first-order chi connectivity index (χ1) is 14.5. The van der Waals surface area contributed by atoms with E-state index < -0.39 is 5.92 Å². The topological polar surface area (TPSA) is 106 Å². The molecule has 0 unspecified atom stereocenters. The molecular weight excluding hydrogens is 427 g/mol. The Morgan fingerprint density at radius 1 is 1.13 bits per heavy atom. The lowest BCUT2D eigenvalue weighted by Crippen LogP contribution is -2.21. The number of fused-ring (bicyclic) bond motifs is 1. The summed E-state index contributed by atoms with van der Waals surface area (Å²) >= 11 is 12.3. The lowest BCUT2D eigenvalue weighted by Gasteiger charge is -2.24. The molecule has 0 saturated heterocycles. The Balaban J connectivity index is 1.98. The van der Waals surface area contributed by atoms with E-state index in [1.807, 2.05) is 6.07 Å². The Morgan fingerprint density at radius 3 is 2.60 bits per heavy atom. The summed E-state index contributed by atoms with van der Waals surface area (Å²) in [7, 11) is 3.15. The third-order valence-corrected chi connectivity index (χ3v) is 5.63. The van der Waals surface area contributed by atoms with Gasteiger partial charge in [-0.25, -0.2) is 0 Å². The third-order valence-electron chi connectivity index (χ3n) is 4.89. The van der Waals surface area contributed by atoms with Gasteiger partial charge in [0.15, 0.2) is 0 Å². The van der Waals surface area contributed by atoms with E-state index in [2.05, 4.69) is 16.3 Å². The summed E-state index contributed by atoms with van der Waals surface area (Å²) < 4.78 is 16.5. The fraction of sp³-hybridized carbons (Fsp3) is 0.143. The smallest absolute Gasteiger partial charge is 0.244 e. The number of nitriles is 1. The quantitative estimate of drug-likeness (QED) is 0.610. The van der Waals surface area contributed by atoms with E-state index in [0.29, 0.717) is 38.4 Å². The van der Waals surface area contributed by atoms with Crippen LogP contribution in [0.4, 0.5) is 0 Å². The number of hydrogen-bond acceptors (Lipinski definition) is 6. The van der Waals surface area contributed by atoms with Crippen molar-refractivity contribution in [3.63, 3.8) is 0 Å². The fourth-order valence-electron chi connectivity index (χ4n) is 3.49. The van der Waals surface area contributed by atoms with E-state index >= 15 is 0 Å². The van der Waals surface area contributed by atoms with Gasteiger partial charge in [-0.3, -0.25) is 5.10 Å². The molecule has 0 spiro atoms. The number of rotatable bonds is 4. The van der Waals surface area contributed by atoms with Crippen molar-refractivity contribution in [3.05, 3.63) is 69.0 Å². The highest BCUT2D eigenvalue weighted by Gasteiger charge is 2.36. The number of aromatic nitrogens is 2. The van der Waals surface area contributed by atoms with Crippen molar-refractivity contribution in [3.8, 4) is 34.7 Å². The second-order valence-corrected chi connectivity index (χ2v) is 7.30. The van der Waals surface area contributed by atoms with Crippen LogP contribution in [0, 0.1) is 11.3 Å². The molecule has 2 heterocycles. The normalized spacial score (nSPS) is 15.2. The first-order valence-electron chi connectivity index (χ1n) is 8.81. The lowest BCUT2D eigenvalue weighted by molar-refractivity contribution is 0.379. The second-order valence-electron chi connectivity index (χ2n) is 6.48. The van der Waals surface area contributed by atoms with Crippen LogP contribution in [0.5, 0.6) is 17.4 Å². The molecule has 0 saturated carbocycles. The molecule has 0 aliphatic carbocycles. The number of aromatic amines is 1. The van der Waals surface area contributed by atoms with Gasteiger partial charge in [0.2, 0.25) is 11.8 Å². The molecule has 1 aliphatic rings. The van der Waals surface area contributed by atoms with Crippen LogP contribution in [0.3, 0.4) is 0 Å². The minimum absolute atomic E-state index is 0.0169. The molecule has 7 nitrogen and oxygen atoms in total. The molecule has 1 aliphatic heterocycles. The number of nitrogens with two attached hydrogens (primary N) is 1. The van der Waals surface area contributed by atoms with Crippen LogP contribution in [0.25, 0.3) is 11.3 Å². The number of benzene rings is 2. The molecule has 0 amide bonds. The third kappa shape index (κ3) is 3.20. The van der Waals surface area contributed by atoms with Crippen LogP contribution in [0.15, 0.2) is 47.9 Å². The number of nitrogens with one attached hydrogen (secondary N) is 1. The Kier molecular flexibility index (Phi) is 5.20. The largest absolute Gasteiger partial charge is 0.497 e. The lowest BCUT2D eigenvalue weighted by atomic mass is 9.83. The van der Waals surface area contributed by atoms with E-state index in [4.69, 9.17) is 43.1 Å². The summed E-state index contributed by atoms with van der Waals surface area (Å²) in [5.74, 6) is 0.904. The van der Waals surface area contributed by atoms with Crippen LogP contribution >= 0.6 is 23.2 Å². The summed E-state index contributed by atoms with van der Waals surface area (Å²) in [4.78, 5) is 0. The highest BCUT2D eigenvalue weighted by Crippen LogP contribution is 2.48. The predicted octanol–water partition coefficient (Wildman–Crippen LogP) is 4.62. The standard InChI is InChI=1S/C21H16Cl2N4O3/c1-28-11-4-6-16(29-2)12(8-11)19-18-17(10-3-5-14(22)15(23)7-10)13(9-24)20(25)30-21(18)27-26-19/h3-8,17H,25H2,1-2H3,(H,26,27)/t17-/m1/s1. The molecule has 152 valence electrons. The molecule has 9 heteroatoms. The van der Waals surface area contributed by atoms with Crippen molar-refractivity contribution >= 4 is 23.2 Å². The molecule has 1 atom stereocenters. The summed E-state index contributed by atoms with van der Waals surface area (Å²) in [6.07, 6.45) is 0. The summed E-state index contributed by atoms with van der Waals surface area (Å²) in [6.45, 7) is 0. The number of ether oxygens (including phenoxy) is 3. The maximum absolute atomic E-state index is 9.82. The maximum atomic E-state index is 9.82. The molecule has 0 radical (unpaired) electrons. The summed E-state index contributed by atoms with van der Waals surface area (Å²) in [6, 6.07) is 12.7. The number of allylic oxidation sites excluding steroid dienone is 1. The Hall–Kier alpha value is -3.34. The van der Waals surface area contributed by atoms with Crippen molar-refractivity contribution < 1.29 is 14.2 Å². The van der Waals surface area contributed by atoms with Crippen molar-refractivity contribution in [2.45, 2.75) is 5.92 Å². The van der Waals surface area contributed by atoms with Gasteiger partial charge >= 0.3 is 0 Å². The molecule has 0 bridgehead atoms. The number of methoxy groups -OCH3 is 2. The van der Waals surface area contributed by atoms with Crippen molar-refractivity contribution in [2.75, 3.05) is 14.2 Å². The number of halogens is 2. The van der Waals surface area contributed by atoms with Crippen LogP contribution in [0.2, 0.25) is 10.0 Å². The van der Waals surface area contributed by atoms with Crippen LogP contribution in [0.1, 0.15) is 17.0 Å². The Morgan fingerprint density at radius 2 is 1.93 bits per heavy atom. The van der Waals surface area contributed by atoms with Gasteiger partial charge in [0.05, 0.1) is 41.4 Å². The molecule has 2 aromatic carbocycles. The van der Waals surface area contributed by atoms with Gasteiger partial charge in [-0.2, -0.15) is 5.26 Å². The molecule has 30 heavy (non-hydrogen) atoms. The van der Waals surface area contributed by atoms with Crippen molar-refractivity contribution in [1.82, 2.24) is 10.2 Å². The molecule has 3 N–H and O–H groups in total. The molecule has 1 aromatic heterocycles. The highest BCUT2D eigenvalue weighted by atomic mass is 35.5. The summed E-state index contributed by atoms with van der Waals surface area (Å²) in [5.41, 5.74) is 8.92. The number of H-pyrrole nitrogens is 1. The highest BCUT2D eigenvalue weighted by molar-refractivity contribution is 6.42. The molecule has 3 aromatic rings. The molecular formula is C21H16Cl2N4O3. The van der Waals surface area contributed by atoms with Gasteiger partial charge in [0.25, 0.3) is 0 Å². The minimum atomic E-state index is -0.571. The average Bonchev–Trinajstić information content (AvgIpc) is 3.17. The van der Waals surface area contributed by atoms with Crippen molar-refractivity contribution in [1.29, 1.82) is 5.26 Å². The van der Waals surface area contributed by atoms with E-state index in [1.165, 1.54) is 0 Å².